The van der Waals surface area contributed by atoms with Crippen LogP contribution < -0.4 is 9.80 Å². The van der Waals surface area contributed by atoms with Gasteiger partial charge in [0.05, 0.1) is 238 Å². The predicted octanol–water partition coefficient (Wildman–Crippen LogP) is 7.33. The summed E-state index contributed by atoms with van der Waals surface area (Å²) in [6, 6.07) is 37.0. The Kier molecular flexibility index (Phi) is 51.3. The molecule has 0 atom stereocenters. The number of ether oxygens (including phenoxy) is 20. The molecule has 4 rings (SSSR count). The second-order valence-corrected chi connectivity index (χ2v) is 21.0. The lowest BCUT2D eigenvalue weighted by molar-refractivity contribution is -0.00814. The number of benzene rings is 4. The normalized spacial score (nSPS) is 11.3. The van der Waals surface area contributed by atoms with Crippen LogP contribution in [0.15, 0.2) is 103 Å². The van der Waals surface area contributed by atoms with E-state index in [-0.39, 0.29) is 5.57 Å². The number of hydrogen-bond acceptors (Lipinski definition) is 24. The largest absolute Gasteiger partial charge is 0.382 e. The Morgan fingerprint density at radius 1 is 0.240 bits per heavy atom. The molecule has 536 valence electrons. The first kappa shape index (κ1) is 82.8. The van der Waals surface area contributed by atoms with Crippen molar-refractivity contribution in [2.24, 2.45) is 0 Å². The van der Waals surface area contributed by atoms with Crippen LogP contribution in [-0.4, -0.2) is 292 Å². The summed E-state index contributed by atoms with van der Waals surface area (Å²) in [5, 5.41) is 20.5. The third-order valence-electron chi connectivity index (χ3n) is 14.2. The summed E-state index contributed by atoms with van der Waals surface area (Å²) in [6.45, 7) is 20.4. The quantitative estimate of drug-likeness (QED) is 0.0310. The smallest absolute Gasteiger partial charge is 0.138 e. The lowest BCUT2D eigenvalue weighted by Crippen LogP contribution is -2.31. The van der Waals surface area contributed by atoms with Crippen LogP contribution in [0.1, 0.15) is 11.1 Å². The van der Waals surface area contributed by atoms with Gasteiger partial charge in [0, 0.05) is 71.6 Å². The van der Waals surface area contributed by atoms with Gasteiger partial charge in [0.2, 0.25) is 0 Å². The minimum absolute atomic E-state index is 0.0231. The van der Waals surface area contributed by atoms with Gasteiger partial charge >= 0.3 is 0 Å². The molecule has 0 aromatic heterocycles. The van der Waals surface area contributed by atoms with Gasteiger partial charge in [-0.1, -0.05) is 72.8 Å². The summed E-state index contributed by atoms with van der Waals surface area (Å²) >= 11 is 0. The van der Waals surface area contributed by atoms with Crippen LogP contribution in [0.3, 0.4) is 0 Å². The van der Waals surface area contributed by atoms with Gasteiger partial charge < -0.3 is 105 Å². The van der Waals surface area contributed by atoms with Crippen LogP contribution in [0.25, 0.3) is 27.8 Å². The van der Waals surface area contributed by atoms with Gasteiger partial charge in [0.1, 0.15) is 17.7 Å². The van der Waals surface area contributed by atoms with Gasteiger partial charge in [-0.25, -0.2) is 0 Å². The highest BCUT2D eigenvalue weighted by Crippen LogP contribution is 2.32. The van der Waals surface area contributed by atoms with E-state index in [2.05, 4.69) is 70.5 Å². The molecular formula is C72H108N4O20. The molecule has 0 radical (unpaired) electrons. The third-order valence-corrected chi connectivity index (χ3v) is 14.2. The monoisotopic (exact) mass is 1350 g/mol. The van der Waals surface area contributed by atoms with E-state index in [1.807, 2.05) is 48.5 Å². The van der Waals surface area contributed by atoms with Crippen molar-refractivity contribution in [2.45, 2.75) is 0 Å². The zero-order valence-electron chi connectivity index (χ0n) is 57.5. The van der Waals surface area contributed by atoms with E-state index in [0.29, 0.717) is 270 Å². The molecular weight excluding hydrogens is 1240 g/mol. The average molecular weight is 1350 g/mol. The number of methoxy groups -OCH3 is 4. The van der Waals surface area contributed by atoms with Crippen molar-refractivity contribution in [3.8, 4) is 34.4 Å². The Morgan fingerprint density at radius 3 is 0.583 bits per heavy atom. The zero-order valence-corrected chi connectivity index (χ0v) is 57.5. The van der Waals surface area contributed by atoms with Crippen LogP contribution in [0.2, 0.25) is 0 Å². The Labute approximate surface area is 570 Å². The highest BCUT2D eigenvalue weighted by molar-refractivity contribution is 5.88. The highest BCUT2D eigenvalue weighted by atomic mass is 16.6. The lowest BCUT2D eigenvalue weighted by atomic mass is 9.91. The number of hydrogen-bond donors (Lipinski definition) is 0. The van der Waals surface area contributed by atoms with E-state index in [0.717, 1.165) is 44.8 Å². The third kappa shape index (κ3) is 39.7. The summed E-state index contributed by atoms with van der Waals surface area (Å²) in [5.41, 5.74) is 8.11. The van der Waals surface area contributed by atoms with Gasteiger partial charge in [0.15, 0.2) is 0 Å². The molecule has 0 aliphatic heterocycles. The molecule has 24 heteroatoms. The Bertz CT molecular complexity index is 2320. The molecule has 0 aliphatic carbocycles. The number of anilines is 2. The molecule has 0 saturated carbocycles. The lowest BCUT2D eigenvalue weighted by Gasteiger charge is -2.25. The van der Waals surface area contributed by atoms with Gasteiger partial charge in [-0.3, -0.25) is 0 Å². The van der Waals surface area contributed by atoms with Crippen molar-refractivity contribution in [3.05, 3.63) is 114 Å². The zero-order chi connectivity index (χ0) is 68.1. The number of allylic oxidation sites excluding steroid dienone is 1. The maximum absolute atomic E-state index is 10.2. The molecule has 0 bridgehead atoms. The summed E-state index contributed by atoms with van der Waals surface area (Å²) in [7, 11) is 6.57. The SMILES string of the molecule is COCCOCCOCCOCCOCCN(CCOCCOCCOCCOCCOC)c1ccc(-c2ccc(C(=C(C#N)C#N)c3ccc(-c4ccc(N(CCOCCOCCOCCOCCOC)CCOCCOCCOCCOCCOC)cc4)cc3)cc2)cc1. The molecule has 4 aromatic carbocycles. The molecule has 0 saturated heterocycles. The van der Waals surface area contributed by atoms with E-state index in [9.17, 15) is 10.5 Å². The average Bonchev–Trinajstić information content (AvgIpc) is 0.861. The summed E-state index contributed by atoms with van der Waals surface area (Å²) in [6.07, 6.45) is 0. The van der Waals surface area contributed by atoms with E-state index >= 15 is 0 Å². The summed E-state index contributed by atoms with van der Waals surface area (Å²) in [5.74, 6) is 0. The molecule has 24 nitrogen and oxygen atoms in total. The number of rotatable bonds is 66. The molecule has 0 spiro atoms. The molecule has 0 aliphatic rings. The first-order valence-corrected chi connectivity index (χ1v) is 33.2. The topological polar surface area (TPSA) is 239 Å². The Hall–Kier alpha value is -5.60. The van der Waals surface area contributed by atoms with Crippen LogP contribution in [-0.2, 0) is 94.7 Å². The fraction of sp³-hybridized carbons (Fsp3) is 0.611. The maximum atomic E-state index is 10.2. The van der Waals surface area contributed by atoms with E-state index < -0.39 is 0 Å². The summed E-state index contributed by atoms with van der Waals surface area (Å²) < 4.78 is 111. The van der Waals surface area contributed by atoms with Crippen molar-refractivity contribution in [1.29, 1.82) is 10.5 Å². The van der Waals surface area contributed by atoms with Gasteiger partial charge in [-0.2, -0.15) is 10.5 Å². The Morgan fingerprint density at radius 2 is 0.406 bits per heavy atom. The van der Waals surface area contributed by atoms with Crippen LogP contribution in [0, 0.1) is 22.7 Å². The van der Waals surface area contributed by atoms with Crippen molar-refractivity contribution in [2.75, 3.05) is 302 Å². The van der Waals surface area contributed by atoms with Crippen molar-refractivity contribution in [3.63, 3.8) is 0 Å². The van der Waals surface area contributed by atoms with Crippen LogP contribution in [0.4, 0.5) is 11.4 Å². The molecule has 0 unspecified atom stereocenters. The first-order chi connectivity index (χ1) is 47.6. The van der Waals surface area contributed by atoms with Crippen molar-refractivity contribution >= 4 is 16.9 Å². The van der Waals surface area contributed by atoms with Gasteiger partial charge in [0.25, 0.3) is 0 Å². The molecule has 96 heavy (non-hydrogen) atoms. The van der Waals surface area contributed by atoms with Crippen LogP contribution in [0.5, 0.6) is 0 Å². The van der Waals surface area contributed by atoms with E-state index in [1.54, 1.807) is 28.4 Å². The fourth-order valence-corrected chi connectivity index (χ4v) is 9.04. The molecule has 0 N–H and O–H groups in total. The number of nitrogens with zero attached hydrogens (tertiary/aromatic N) is 4. The van der Waals surface area contributed by atoms with E-state index in [4.69, 9.17) is 94.7 Å². The predicted molar refractivity (Wildman–Crippen MR) is 366 cm³/mol. The molecule has 0 fully saturated rings. The first-order valence-electron chi connectivity index (χ1n) is 33.2. The second kappa shape index (κ2) is 59.5. The van der Waals surface area contributed by atoms with Crippen molar-refractivity contribution < 1.29 is 94.7 Å². The molecule has 0 heterocycles. The van der Waals surface area contributed by atoms with Crippen molar-refractivity contribution in [1.82, 2.24) is 0 Å². The van der Waals surface area contributed by atoms with Gasteiger partial charge in [-0.15, -0.1) is 0 Å². The number of nitriles is 2. The van der Waals surface area contributed by atoms with Gasteiger partial charge in [-0.05, 0) is 57.6 Å². The Balaban J connectivity index is 1.33. The minimum atomic E-state index is 0.0231. The second-order valence-electron chi connectivity index (χ2n) is 21.0. The molecule has 4 aromatic rings. The minimum Gasteiger partial charge on any atom is -0.382 e. The van der Waals surface area contributed by atoms with Crippen LogP contribution >= 0.6 is 0 Å². The standard InChI is InChI=1S/C72H108N4O20/c1-77-29-33-85-45-49-93-57-53-89-41-37-81-25-21-75(22-26-82-38-42-90-54-58-94-50-46-86-34-30-78-2)70-17-13-65(14-18-70)63-5-9-67(10-6-63)72(69(61-73)62-74)68-11-7-64(8-12-68)66-15-19-71(20-16-66)76(23-27-83-39-43-91-55-59-95-51-47-87-35-31-79-3)24-28-84-40-44-92-56-60-96-52-48-88-36-32-80-4/h5-20H,21-60H2,1-4H3. The van der Waals surface area contributed by atoms with E-state index in [1.165, 1.54) is 0 Å². The summed E-state index contributed by atoms with van der Waals surface area (Å²) in [4.78, 5) is 4.47. The maximum Gasteiger partial charge on any atom is 0.138 e. The molecule has 0 amide bonds. The fourth-order valence-electron chi connectivity index (χ4n) is 9.04. The highest BCUT2D eigenvalue weighted by Gasteiger charge is 2.15.